The van der Waals surface area contributed by atoms with E-state index in [0.717, 1.165) is 37.7 Å². The Hall–Kier alpha value is -3.05. The van der Waals surface area contributed by atoms with Crippen molar-refractivity contribution in [3.63, 3.8) is 0 Å². The molecule has 35 heavy (non-hydrogen) atoms. The second-order valence-electron chi connectivity index (χ2n) is 9.91. The largest absolute Gasteiger partial charge is 0.334 e. The number of nitrogens with one attached hydrogen (secondary N) is 1. The lowest BCUT2D eigenvalue weighted by Crippen LogP contribution is -2.77. The van der Waals surface area contributed by atoms with Gasteiger partial charge in [0.2, 0.25) is 11.8 Å². The average molecular weight is 480 g/mol. The van der Waals surface area contributed by atoms with Crippen LogP contribution in [0, 0.1) is 18.3 Å². The van der Waals surface area contributed by atoms with Crippen molar-refractivity contribution in [1.29, 1.82) is 0 Å². The number of hydrogen-bond donors (Lipinski definition) is 1. The zero-order valence-electron chi connectivity index (χ0n) is 20.9. The first kappa shape index (κ1) is 25.1. The Morgan fingerprint density at radius 3 is 2.54 bits per heavy atom. The van der Waals surface area contributed by atoms with Crippen LogP contribution >= 0.6 is 0 Å². The van der Waals surface area contributed by atoms with Gasteiger partial charge in [0, 0.05) is 12.6 Å². The molecular formula is C27H37N5O3. The zero-order chi connectivity index (χ0) is 24.9. The van der Waals surface area contributed by atoms with E-state index in [0.29, 0.717) is 13.1 Å². The van der Waals surface area contributed by atoms with E-state index in [4.69, 9.17) is 6.42 Å². The second kappa shape index (κ2) is 11.1. The van der Waals surface area contributed by atoms with E-state index in [1.54, 1.807) is 14.9 Å². The molecule has 2 saturated heterocycles. The van der Waals surface area contributed by atoms with Gasteiger partial charge in [0.15, 0.2) is 0 Å². The van der Waals surface area contributed by atoms with E-state index in [2.05, 4.69) is 11.2 Å². The van der Waals surface area contributed by atoms with Gasteiger partial charge in [-0.25, -0.2) is 9.80 Å². The summed E-state index contributed by atoms with van der Waals surface area (Å²) in [7, 11) is 0. The summed E-state index contributed by atoms with van der Waals surface area (Å²) in [4.78, 5) is 44.4. The lowest BCUT2D eigenvalue weighted by atomic mass is 9.88. The predicted molar refractivity (Wildman–Crippen MR) is 133 cm³/mol. The van der Waals surface area contributed by atoms with E-state index in [9.17, 15) is 14.4 Å². The van der Waals surface area contributed by atoms with Crippen LogP contribution in [0.4, 0.5) is 4.79 Å². The van der Waals surface area contributed by atoms with Gasteiger partial charge in [0.1, 0.15) is 12.2 Å². The minimum atomic E-state index is -0.584. The van der Waals surface area contributed by atoms with Crippen molar-refractivity contribution in [2.45, 2.75) is 77.2 Å². The molecule has 3 atom stereocenters. The molecule has 4 amide bonds. The van der Waals surface area contributed by atoms with E-state index in [1.807, 2.05) is 49.1 Å². The molecule has 2 heterocycles. The number of hydrazine groups is 1. The third-order valence-corrected chi connectivity index (χ3v) is 7.68. The van der Waals surface area contributed by atoms with E-state index >= 15 is 0 Å². The van der Waals surface area contributed by atoms with Gasteiger partial charge in [-0.2, -0.15) is 5.01 Å². The number of fused-ring (bicyclic) bond motifs is 1. The molecule has 0 bridgehead atoms. The van der Waals surface area contributed by atoms with Crippen LogP contribution in [-0.2, 0) is 16.1 Å². The highest BCUT2D eigenvalue weighted by molar-refractivity contribution is 5.92. The predicted octanol–water partition coefficient (Wildman–Crippen LogP) is 2.81. The highest BCUT2D eigenvalue weighted by Crippen LogP contribution is 2.34. The van der Waals surface area contributed by atoms with Crippen LogP contribution in [0.3, 0.4) is 0 Å². The minimum absolute atomic E-state index is 0.0193. The lowest BCUT2D eigenvalue weighted by Gasteiger charge is -2.57. The number of nitrogens with zero attached hydrogens (tertiary/aromatic N) is 4. The summed E-state index contributed by atoms with van der Waals surface area (Å²) in [6, 6.07) is 8.96. The van der Waals surface area contributed by atoms with Crippen LogP contribution in [0.2, 0.25) is 0 Å². The van der Waals surface area contributed by atoms with Gasteiger partial charge in [-0.15, -0.1) is 6.42 Å². The fourth-order valence-electron chi connectivity index (χ4n) is 5.67. The molecule has 1 aromatic rings. The summed E-state index contributed by atoms with van der Waals surface area (Å²) in [6.45, 7) is 4.84. The van der Waals surface area contributed by atoms with Crippen molar-refractivity contribution in [3.05, 3.63) is 35.9 Å². The van der Waals surface area contributed by atoms with Crippen molar-refractivity contribution in [2.75, 3.05) is 19.6 Å². The fraction of sp³-hybridized carbons (Fsp3) is 0.593. The van der Waals surface area contributed by atoms with Gasteiger partial charge in [0.25, 0.3) is 0 Å². The minimum Gasteiger partial charge on any atom is -0.334 e. The fourth-order valence-corrected chi connectivity index (χ4v) is 5.67. The maximum absolute atomic E-state index is 13.8. The summed E-state index contributed by atoms with van der Waals surface area (Å²) in [6.07, 6.45) is 11.1. The third kappa shape index (κ3) is 5.15. The van der Waals surface area contributed by atoms with Crippen LogP contribution in [0.1, 0.15) is 57.9 Å². The maximum atomic E-state index is 13.8. The first-order chi connectivity index (χ1) is 17.0. The van der Waals surface area contributed by atoms with Crippen LogP contribution in [0.25, 0.3) is 0 Å². The number of benzene rings is 1. The summed E-state index contributed by atoms with van der Waals surface area (Å²) in [5, 5.41) is 6.25. The van der Waals surface area contributed by atoms with Gasteiger partial charge in [-0.3, -0.25) is 9.59 Å². The number of carbonyl (C=O) groups is 3. The molecule has 3 aliphatic rings. The topological polar surface area (TPSA) is 76.2 Å². The molecule has 8 heteroatoms. The molecule has 0 aromatic heterocycles. The normalized spacial score (nSPS) is 24.7. The summed E-state index contributed by atoms with van der Waals surface area (Å²) in [5.74, 6) is 2.44. The number of terminal acetylenes is 1. The highest BCUT2D eigenvalue weighted by atomic mass is 16.2. The number of amides is 4. The molecule has 1 aliphatic carbocycles. The van der Waals surface area contributed by atoms with Gasteiger partial charge in [-0.05, 0) is 24.3 Å². The zero-order valence-corrected chi connectivity index (χ0v) is 20.9. The van der Waals surface area contributed by atoms with Crippen molar-refractivity contribution in [3.8, 4) is 12.3 Å². The molecule has 1 aromatic carbocycles. The summed E-state index contributed by atoms with van der Waals surface area (Å²) >= 11 is 0. The Morgan fingerprint density at radius 2 is 1.89 bits per heavy atom. The highest BCUT2D eigenvalue weighted by Gasteiger charge is 2.53. The SMILES string of the molecule is C#CCN1CC(=O)N2[C@@H](C(C)CC)C(=O)N(C3CCCCC3)C[C@@H]2N1C(=O)NCc1ccccc1. The Kier molecular flexibility index (Phi) is 7.97. The summed E-state index contributed by atoms with van der Waals surface area (Å²) in [5.41, 5.74) is 0.981. The first-order valence-corrected chi connectivity index (χ1v) is 12.9. The van der Waals surface area contributed by atoms with E-state index in [1.165, 1.54) is 6.42 Å². The van der Waals surface area contributed by atoms with E-state index in [-0.39, 0.29) is 42.9 Å². The number of urea groups is 1. The standard InChI is InChI=1S/C27H37N5O3/c1-4-16-29-19-24(33)31-23(32(29)27(35)28-17-21-12-8-6-9-13-21)18-30(22-14-10-7-11-15-22)26(34)25(31)20(3)5-2/h1,6,8-9,12-13,20,22-23,25H,5,7,10-11,14-19H2,2-3H3,(H,28,35)/t20?,23-,25-/m0/s1. The third-order valence-electron chi connectivity index (χ3n) is 7.68. The van der Waals surface area contributed by atoms with Crippen molar-refractivity contribution >= 4 is 17.8 Å². The van der Waals surface area contributed by atoms with Crippen LogP contribution in [0.15, 0.2) is 30.3 Å². The number of piperazine rings is 1. The van der Waals surface area contributed by atoms with Gasteiger partial charge in [0.05, 0.1) is 19.6 Å². The second-order valence-corrected chi connectivity index (χ2v) is 9.91. The van der Waals surface area contributed by atoms with Crippen LogP contribution in [-0.4, -0.2) is 75.5 Å². The molecule has 1 unspecified atom stereocenters. The maximum Gasteiger partial charge on any atom is 0.334 e. The molecule has 4 rings (SSSR count). The molecule has 1 saturated carbocycles. The van der Waals surface area contributed by atoms with E-state index < -0.39 is 12.2 Å². The Bertz CT molecular complexity index is 955. The molecule has 2 aliphatic heterocycles. The molecule has 3 fully saturated rings. The smallest absolute Gasteiger partial charge is 0.334 e. The van der Waals surface area contributed by atoms with Crippen molar-refractivity contribution in [2.24, 2.45) is 5.92 Å². The van der Waals surface area contributed by atoms with Crippen molar-refractivity contribution < 1.29 is 14.4 Å². The quantitative estimate of drug-likeness (QED) is 0.637. The number of carbonyl (C=O) groups excluding carboxylic acids is 3. The molecule has 1 N–H and O–H groups in total. The lowest BCUT2D eigenvalue weighted by molar-refractivity contribution is -0.194. The average Bonchev–Trinajstić information content (AvgIpc) is 2.88. The Morgan fingerprint density at radius 1 is 1.17 bits per heavy atom. The van der Waals surface area contributed by atoms with Crippen molar-refractivity contribution in [1.82, 2.24) is 25.1 Å². The van der Waals surface area contributed by atoms with Crippen LogP contribution < -0.4 is 5.32 Å². The Labute approximate surface area is 208 Å². The number of hydrogen-bond acceptors (Lipinski definition) is 4. The Balaban J connectivity index is 1.66. The molecular weight excluding hydrogens is 442 g/mol. The molecule has 0 spiro atoms. The first-order valence-electron chi connectivity index (χ1n) is 12.9. The van der Waals surface area contributed by atoms with Gasteiger partial charge >= 0.3 is 6.03 Å². The van der Waals surface area contributed by atoms with Crippen LogP contribution in [0.5, 0.6) is 0 Å². The number of rotatable bonds is 6. The monoisotopic (exact) mass is 479 g/mol. The molecule has 8 nitrogen and oxygen atoms in total. The molecule has 188 valence electrons. The molecule has 0 radical (unpaired) electrons. The summed E-state index contributed by atoms with van der Waals surface area (Å²) < 4.78 is 0. The van der Waals surface area contributed by atoms with Gasteiger partial charge < -0.3 is 15.1 Å². The van der Waals surface area contributed by atoms with Gasteiger partial charge in [-0.1, -0.05) is 75.8 Å².